The molecule has 3 rings (SSSR count). The van der Waals surface area contributed by atoms with Crippen LogP contribution >= 0.6 is 0 Å². The zero-order chi connectivity index (χ0) is 19.6. The normalized spacial score (nSPS) is 10.3. The maximum Gasteiger partial charge on any atom is 0.251 e. The average Bonchev–Trinajstić information content (AvgIpc) is 2.75. The van der Waals surface area contributed by atoms with E-state index in [0.29, 0.717) is 37.1 Å². The van der Waals surface area contributed by atoms with E-state index in [1.165, 1.54) is 0 Å². The molecule has 0 aliphatic carbocycles. The molecule has 142 valence electrons. The summed E-state index contributed by atoms with van der Waals surface area (Å²) in [7, 11) is 0. The van der Waals surface area contributed by atoms with E-state index in [9.17, 15) is 9.59 Å². The molecule has 2 amide bonds. The van der Waals surface area contributed by atoms with Crippen LogP contribution in [0.3, 0.4) is 0 Å². The van der Waals surface area contributed by atoms with E-state index < -0.39 is 0 Å². The minimum absolute atomic E-state index is 0.168. The second-order valence-corrected chi connectivity index (χ2v) is 6.23. The molecule has 1 aromatic carbocycles. The summed E-state index contributed by atoms with van der Waals surface area (Å²) < 4.78 is 0. The second-order valence-electron chi connectivity index (χ2n) is 6.23. The average molecular weight is 374 g/mol. The van der Waals surface area contributed by atoms with Gasteiger partial charge in [0.15, 0.2) is 0 Å². The fraction of sp³-hybridized carbons (Fsp3) is 0.182. The van der Waals surface area contributed by atoms with Gasteiger partial charge in [0, 0.05) is 60.8 Å². The van der Waals surface area contributed by atoms with Crippen LogP contribution in [0.4, 0.5) is 0 Å². The highest BCUT2D eigenvalue weighted by Gasteiger charge is 2.09. The lowest BCUT2D eigenvalue weighted by molar-refractivity contribution is 0.0942. The Balaban J connectivity index is 1.44. The number of amides is 2. The van der Waals surface area contributed by atoms with Gasteiger partial charge in [-0.3, -0.25) is 19.6 Å². The minimum Gasteiger partial charge on any atom is -0.352 e. The second kappa shape index (κ2) is 9.97. The summed E-state index contributed by atoms with van der Waals surface area (Å²) in [6.07, 6.45) is 4.81. The molecule has 2 aromatic heterocycles. The Kier molecular flexibility index (Phi) is 6.84. The van der Waals surface area contributed by atoms with E-state index in [4.69, 9.17) is 0 Å². The third-order valence-corrected chi connectivity index (χ3v) is 4.19. The van der Waals surface area contributed by atoms with Gasteiger partial charge in [0.2, 0.25) is 0 Å². The smallest absolute Gasteiger partial charge is 0.251 e. The van der Waals surface area contributed by atoms with Crippen molar-refractivity contribution in [2.75, 3.05) is 13.1 Å². The Bertz CT molecular complexity index is 820. The lowest BCUT2D eigenvalue weighted by atomic mass is 10.1. The SMILES string of the molecule is O=C(NCCc1ccccn1)c1ccc(C(=O)NCCc2ccccn2)cc1. The Morgan fingerprint density at radius 3 is 1.43 bits per heavy atom. The number of hydrogen-bond acceptors (Lipinski definition) is 4. The first-order chi connectivity index (χ1) is 13.7. The number of carbonyl (C=O) groups excluding carboxylic acids is 2. The highest BCUT2D eigenvalue weighted by atomic mass is 16.2. The zero-order valence-electron chi connectivity index (χ0n) is 15.5. The summed E-state index contributed by atoms with van der Waals surface area (Å²) in [5.74, 6) is -0.337. The van der Waals surface area contributed by atoms with Gasteiger partial charge in [-0.1, -0.05) is 12.1 Å². The first-order valence-corrected chi connectivity index (χ1v) is 9.18. The number of nitrogens with zero attached hydrogens (tertiary/aromatic N) is 2. The lowest BCUT2D eigenvalue weighted by Crippen LogP contribution is -2.27. The largest absolute Gasteiger partial charge is 0.352 e. The maximum absolute atomic E-state index is 12.2. The van der Waals surface area contributed by atoms with Crippen LogP contribution in [-0.2, 0) is 12.8 Å². The first-order valence-electron chi connectivity index (χ1n) is 9.18. The topological polar surface area (TPSA) is 84.0 Å². The van der Waals surface area contributed by atoms with Crippen molar-refractivity contribution in [3.05, 3.63) is 95.6 Å². The minimum atomic E-state index is -0.168. The van der Waals surface area contributed by atoms with E-state index in [-0.39, 0.29) is 11.8 Å². The van der Waals surface area contributed by atoms with Crippen LogP contribution in [0.25, 0.3) is 0 Å². The van der Waals surface area contributed by atoms with Crippen LogP contribution in [0, 0.1) is 0 Å². The Hall–Kier alpha value is -3.54. The van der Waals surface area contributed by atoms with Crippen LogP contribution in [0.5, 0.6) is 0 Å². The maximum atomic E-state index is 12.2. The van der Waals surface area contributed by atoms with Gasteiger partial charge in [-0.05, 0) is 48.5 Å². The molecule has 2 heterocycles. The number of benzene rings is 1. The number of carbonyl (C=O) groups is 2. The van der Waals surface area contributed by atoms with Crippen molar-refractivity contribution in [1.29, 1.82) is 0 Å². The molecule has 3 aromatic rings. The molecule has 0 saturated heterocycles. The van der Waals surface area contributed by atoms with Gasteiger partial charge in [0.05, 0.1) is 0 Å². The van der Waals surface area contributed by atoms with Crippen molar-refractivity contribution in [2.24, 2.45) is 0 Å². The molecule has 28 heavy (non-hydrogen) atoms. The van der Waals surface area contributed by atoms with E-state index in [2.05, 4.69) is 20.6 Å². The van der Waals surface area contributed by atoms with Crippen molar-refractivity contribution < 1.29 is 9.59 Å². The lowest BCUT2D eigenvalue weighted by Gasteiger charge is -2.07. The summed E-state index contributed by atoms with van der Waals surface area (Å²) >= 11 is 0. The fourth-order valence-corrected chi connectivity index (χ4v) is 2.68. The van der Waals surface area contributed by atoms with E-state index >= 15 is 0 Å². The molecule has 0 unspecified atom stereocenters. The summed E-state index contributed by atoms with van der Waals surface area (Å²) in [5.41, 5.74) is 2.90. The molecule has 0 spiro atoms. The van der Waals surface area contributed by atoms with E-state index in [0.717, 1.165) is 11.4 Å². The van der Waals surface area contributed by atoms with Crippen molar-refractivity contribution in [1.82, 2.24) is 20.6 Å². The molecule has 0 aliphatic heterocycles. The van der Waals surface area contributed by atoms with Crippen LogP contribution in [-0.4, -0.2) is 34.9 Å². The highest BCUT2D eigenvalue weighted by Crippen LogP contribution is 2.05. The van der Waals surface area contributed by atoms with Crippen molar-refractivity contribution in [3.8, 4) is 0 Å². The quantitative estimate of drug-likeness (QED) is 0.634. The Morgan fingerprint density at radius 1 is 0.643 bits per heavy atom. The highest BCUT2D eigenvalue weighted by molar-refractivity contribution is 5.97. The molecular formula is C22H22N4O2. The van der Waals surface area contributed by atoms with Crippen molar-refractivity contribution in [2.45, 2.75) is 12.8 Å². The predicted molar refractivity (Wildman–Crippen MR) is 107 cm³/mol. The van der Waals surface area contributed by atoms with Crippen LogP contribution < -0.4 is 10.6 Å². The Labute approximate surface area is 164 Å². The molecule has 0 aliphatic rings. The summed E-state index contributed by atoms with van der Waals surface area (Å²) in [5, 5.41) is 5.72. The first kappa shape index (κ1) is 19.2. The standard InChI is InChI=1S/C22H22N4O2/c27-21(25-15-11-19-5-1-3-13-23-19)17-7-9-18(10-8-17)22(28)26-16-12-20-6-2-4-14-24-20/h1-10,13-14H,11-12,15-16H2,(H,25,27)(H,26,28). The number of rotatable bonds is 8. The van der Waals surface area contributed by atoms with Crippen molar-refractivity contribution in [3.63, 3.8) is 0 Å². The van der Waals surface area contributed by atoms with E-state index in [1.807, 2.05) is 36.4 Å². The van der Waals surface area contributed by atoms with Crippen LogP contribution in [0.15, 0.2) is 73.1 Å². The van der Waals surface area contributed by atoms with Crippen molar-refractivity contribution >= 4 is 11.8 Å². The molecule has 6 heteroatoms. The van der Waals surface area contributed by atoms with Crippen LogP contribution in [0.2, 0.25) is 0 Å². The molecule has 0 fully saturated rings. The van der Waals surface area contributed by atoms with Gasteiger partial charge in [0.25, 0.3) is 11.8 Å². The number of aromatic nitrogens is 2. The fourth-order valence-electron chi connectivity index (χ4n) is 2.68. The number of nitrogens with one attached hydrogen (secondary N) is 2. The monoisotopic (exact) mass is 374 g/mol. The van der Waals surface area contributed by atoms with Gasteiger partial charge >= 0.3 is 0 Å². The van der Waals surface area contributed by atoms with Crippen LogP contribution in [0.1, 0.15) is 32.1 Å². The third-order valence-electron chi connectivity index (χ3n) is 4.19. The summed E-state index contributed by atoms with van der Waals surface area (Å²) in [6, 6.07) is 18.0. The molecule has 0 atom stereocenters. The van der Waals surface area contributed by atoms with Gasteiger partial charge in [-0.15, -0.1) is 0 Å². The molecule has 0 radical (unpaired) electrons. The third kappa shape index (κ3) is 5.74. The summed E-state index contributed by atoms with van der Waals surface area (Å²) in [4.78, 5) is 32.9. The van der Waals surface area contributed by atoms with E-state index in [1.54, 1.807) is 36.7 Å². The van der Waals surface area contributed by atoms with Gasteiger partial charge < -0.3 is 10.6 Å². The van der Waals surface area contributed by atoms with Gasteiger partial charge in [0.1, 0.15) is 0 Å². The van der Waals surface area contributed by atoms with Gasteiger partial charge in [-0.2, -0.15) is 0 Å². The zero-order valence-corrected chi connectivity index (χ0v) is 15.5. The van der Waals surface area contributed by atoms with Gasteiger partial charge in [-0.25, -0.2) is 0 Å². The molecule has 0 bridgehead atoms. The summed E-state index contributed by atoms with van der Waals surface area (Å²) in [6.45, 7) is 1.01. The predicted octanol–water partition coefficient (Wildman–Crippen LogP) is 2.42. The number of hydrogen-bond donors (Lipinski definition) is 2. The molecule has 0 saturated carbocycles. The molecule has 2 N–H and O–H groups in total. The number of pyridine rings is 2. The Morgan fingerprint density at radius 2 is 1.07 bits per heavy atom. The molecular weight excluding hydrogens is 352 g/mol. The molecule has 6 nitrogen and oxygen atoms in total.